The molecule has 2 rings (SSSR count). The van der Waals surface area contributed by atoms with Crippen molar-refractivity contribution in [1.29, 1.82) is 0 Å². The molecule has 3 nitrogen and oxygen atoms in total. The van der Waals surface area contributed by atoms with Crippen LogP contribution in [0.3, 0.4) is 0 Å². The smallest absolute Gasteiger partial charge is 0.224 e. The second-order valence-electron chi connectivity index (χ2n) is 5.02. The van der Waals surface area contributed by atoms with E-state index in [1.165, 1.54) is 0 Å². The van der Waals surface area contributed by atoms with Crippen LogP contribution in [-0.2, 0) is 4.79 Å². The van der Waals surface area contributed by atoms with Crippen LogP contribution < -0.4 is 5.73 Å². The molecule has 0 bridgehead atoms. The van der Waals surface area contributed by atoms with Gasteiger partial charge < -0.3 is 10.6 Å². The molecule has 0 saturated carbocycles. The number of nitrogens with two attached hydrogens (primary N) is 1. The van der Waals surface area contributed by atoms with E-state index < -0.39 is 0 Å². The molecule has 1 fully saturated rings. The lowest BCUT2D eigenvalue weighted by Gasteiger charge is -2.27. The van der Waals surface area contributed by atoms with Crippen molar-refractivity contribution in [3.05, 3.63) is 19.2 Å². The number of hydrogen-bond donors (Lipinski definition) is 1. The Morgan fingerprint density at radius 1 is 1.56 bits per heavy atom. The summed E-state index contributed by atoms with van der Waals surface area (Å²) in [7, 11) is 0. The van der Waals surface area contributed by atoms with E-state index in [0.29, 0.717) is 12.3 Å². The Labute approximate surface area is 128 Å². The molecule has 100 valence electrons. The number of hydrogen-bond acceptors (Lipinski definition) is 3. The average Bonchev–Trinajstić information content (AvgIpc) is 2.69. The van der Waals surface area contributed by atoms with Crippen LogP contribution in [0.2, 0.25) is 0 Å². The summed E-state index contributed by atoms with van der Waals surface area (Å²) in [6, 6.07) is 1.98. The molecule has 0 aromatic carbocycles. The van der Waals surface area contributed by atoms with E-state index in [1.54, 1.807) is 11.3 Å². The lowest BCUT2D eigenvalue weighted by molar-refractivity contribution is -0.129. The van der Waals surface area contributed by atoms with Crippen LogP contribution in [0.25, 0.3) is 0 Å². The third-order valence-electron chi connectivity index (χ3n) is 2.99. The van der Waals surface area contributed by atoms with Gasteiger partial charge in [-0.2, -0.15) is 0 Å². The van der Waals surface area contributed by atoms with Gasteiger partial charge in [-0.05, 0) is 43.8 Å². The Morgan fingerprint density at radius 3 is 2.72 bits per heavy atom. The monoisotopic (exact) mass is 394 g/mol. The summed E-state index contributed by atoms with van der Waals surface area (Å²) in [6.45, 7) is 5.01. The van der Waals surface area contributed by atoms with Gasteiger partial charge in [0.1, 0.15) is 0 Å². The predicted molar refractivity (Wildman–Crippen MR) is 81.6 cm³/mol. The van der Waals surface area contributed by atoms with Crippen molar-refractivity contribution in [2.75, 3.05) is 6.54 Å². The SMILES string of the molecule is CC(C)CN1C(=O)CC(N)C1c1cc(Br)c(Br)s1. The Kier molecular flexibility index (Phi) is 4.52. The van der Waals surface area contributed by atoms with E-state index in [-0.39, 0.29) is 18.0 Å². The number of halogens is 2. The lowest BCUT2D eigenvalue weighted by Crippen LogP contribution is -2.34. The second-order valence-corrected chi connectivity index (χ2v) is 8.28. The Balaban J connectivity index is 2.30. The van der Waals surface area contributed by atoms with E-state index in [1.807, 2.05) is 4.90 Å². The minimum Gasteiger partial charge on any atom is -0.333 e. The third kappa shape index (κ3) is 2.81. The van der Waals surface area contributed by atoms with Crippen LogP contribution in [0.5, 0.6) is 0 Å². The first-order valence-electron chi connectivity index (χ1n) is 5.90. The molecule has 1 aromatic rings. The molecule has 2 atom stereocenters. The summed E-state index contributed by atoms with van der Waals surface area (Å²) >= 11 is 8.63. The van der Waals surface area contributed by atoms with Gasteiger partial charge in [0.05, 0.1) is 9.83 Å². The van der Waals surface area contributed by atoms with Gasteiger partial charge in [-0.1, -0.05) is 13.8 Å². The number of amides is 1. The summed E-state index contributed by atoms with van der Waals surface area (Å²) in [6.07, 6.45) is 0.449. The highest BCUT2D eigenvalue weighted by Gasteiger charge is 2.39. The fraction of sp³-hybridized carbons (Fsp3) is 0.583. The fourth-order valence-corrected chi connectivity index (χ4v) is 4.58. The van der Waals surface area contributed by atoms with Gasteiger partial charge >= 0.3 is 0 Å². The van der Waals surface area contributed by atoms with Gasteiger partial charge in [-0.15, -0.1) is 11.3 Å². The van der Waals surface area contributed by atoms with Crippen LogP contribution in [-0.4, -0.2) is 23.4 Å². The number of nitrogens with zero attached hydrogens (tertiary/aromatic N) is 1. The van der Waals surface area contributed by atoms with Crippen LogP contribution >= 0.6 is 43.2 Å². The molecule has 0 aliphatic carbocycles. The molecule has 2 unspecified atom stereocenters. The summed E-state index contributed by atoms with van der Waals surface area (Å²) in [4.78, 5) is 15.1. The van der Waals surface area contributed by atoms with E-state index >= 15 is 0 Å². The van der Waals surface area contributed by atoms with Crippen molar-refractivity contribution >= 4 is 49.1 Å². The van der Waals surface area contributed by atoms with Gasteiger partial charge in [0.25, 0.3) is 0 Å². The van der Waals surface area contributed by atoms with Crippen molar-refractivity contribution in [2.24, 2.45) is 11.7 Å². The fourth-order valence-electron chi connectivity index (χ4n) is 2.30. The zero-order chi connectivity index (χ0) is 13.4. The van der Waals surface area contributed by atoms with Crippen LogP contribution in [0.4, 0.5) is 0 Å². The van der Waals surface area contributed by atoms with Gasteiger partial charge in [0.2, 0.25) is 5.91 Å². The topological polar surface area (TPSA) is 46.3 Å². The summed E-state index contributed by atoms with van der Waals surface area (Å²) in [5, 5.41) is 0. The third-order valence-corrected chi connectivity index (χ3v) is 6.32. The highest BCUT2D eigenvalue weighted by Crippen LogP contribution is 2.41. The molecule has 2 heterocycles. The molecule has 18 heavy (non-hydrogen) atoms. The normalized spacial score (nSPS) is 24.3. The summed E-state index contributed by atoms with van der Waals surface area (Å²) in [5.74, 6) is 0.621. The van der Waals surface area contributed by atoms with Crippen molar-refractivity contribution in [3.8, 4) is 0 Å². The van der Waals surface area contributed by atoms with Gasteiger partial charge in [-0.3, -0.25) is 4.79 Å². The predicted octanol–water partition coefficient (Wildman–Crippen LogP) is 3.53. The largest absolute Gasteiger partial charge is 0.333 e. The number of likely N-dealkylation sites (tertiary alicyclic amines) is 1. The summed E-state index contributed by atoms with van der Waals surface area (Å²) in [5.41, 5.74) is 6.14. The minimum absolute atomic E-state index is 0.0208. The molecule has 1 aliphatic heterocycles. The number of rotatable bonds is 3. The Hall–Kier alpha value is 0.0900. The minimum atomic E-state index is -0.103. The van der Waals surface area contributed by atoms with Crippen molar-refractivity contribution in [2.45, 2.75) is 32.4 Å². The maximum atomic E-state index is 12.0. The van der Waals surface area contributed by atoms with Crippen molar-refractivity contribution in [3.63, 3.8) is 0 Å². The Morgan fingerprint density at radius 2 is 2.22 bits per heavy atom. The highest BCUT2D eigenvalue weighted by molar-refractivity contribution is 9.13. The van der Waals surface area contributed by atoms with Gasteiger partial charge in [0, 0.05) is 28.4 Å². The molecule has 1 amide bonds. The van der Waals surface area contributed by atoms with E-state index in [9.17, 15) is 4.79 Å². The molecular weight excluding hydrogens is 380 g/mol. The molecule has 6 heteroatoms. The number of carbonyl (C=O) groups is 1. The maximum absolute atomic E-state index is 12.0. The molecule has 2 N–H and O–H groups in total. The summed E-state index contributed by atoms with van der Waals surface area (Å²) < 4.78 is 2.08. The molecule has 1 aliphatic rings. The molecule has 0 spiro atoms. The van der Waals surface area contributed by atoms with E-state index in [2.05, 4.69) is 51.8 Å². The molecule has 0 radical (unpaired) electrons. The Bertz CT molecular complexity index is 441. The van der Waals surface area contributed by atoms with Gasteiger partial charge in [0.15, 0.2) is 0 Å². The maximum Gasteiger partial charge on any atom is 0.224 e. The molecular formula is C12H16Br2N2OS. The molecule has 1 aromatic heterocycles. The van der Waals surface area contributed by atoms with Crippen LogP contribution in [0.15, 0.2) is 14.3 Å². The zero-order valence-corrected chi connectivity index (χ0v) is 14.3. The first kappa shape index (κ1) is 14.5. The first-order valence-corrected chi connectivity index (χ1v) is 8.30. The first-order chi connectivity index (χ1) is 8.40. The van der Waals surface area contributed by atoms with Crippen LogP contribution in [0, 0.1) is 5.92 Å². The standard InChI is InChI=1S/C12H16Br2N2OS/c1-6(2)5-16-10(17)4-8(15)11(16)9-3-7(13)12(14)18-9/h3,6,8,11H,4-5,15H2,1-2H3. The van der Waals surface area contributed by atoms with E-state index in [0.717, 1.165) is 19.7 Å². The quantitative estimate of drug-likeness (QED) is 0.850. The highest BCUT2D eigenvalue weighted by atomic mass is 79.9. The molecule has 1 saturated heterocycles. The van der Waals surface area contributed by atoms with Crippen molar-refractivity contribution < 1.29 is 4.79 Å². The van der Waals surface area contributed by atoms with Crippen LogP contribution in [0.1, 0.15) is 31.2 Å². The zero-order valence-electron chi connectivity index (χ0n) is 10.3. The van der Waals surface area contributed by atoms with Crippen molar-refractivity contribution in [1.82, 2.24) is 4.90 Å². The van der Waals surface area contributed by atoms with Gasteiger partial charge in [-0.25, -0.2) is 0 Å². The lowest BCUT2D eigenvalue weighted by atomic mass is 10.1. The second kappa shape index (κ2) is 5.61. The van der Waals surface area contributed by atoms with E-state index in [4.69, 9.17) is 5.73 Å². The average molecular weight is 396 g/mol. The number of thiophene rings is 1. The number of carbonyl (C=O) groups excluding carboxylic acids is 1.